The van der Waals surface area contributed by atoms with Gasteiger partial charge in [0.2, 0.25) is 0 Å². The van der Waals surface area contributed by atoms with Gasteiger partial charge in [0.15, 0.2) is 0 Å². The predicted octanol–water partition coefficient (Wildman–Crippen LogP) is 7.50. The molecule has 0 spiro atoms. The fourth-order valence-corrected chi connectivity index (χ4v) is 3.24. The predicted molar refractivity (Wildman–Crippen MR) is 122 cm³/mol. The summed E-state index contributed by atoms with van der Waals surface area (Å²) in [5, 5.41) is 2.34. The highest BCUT2D eigenvalue weighted by Crippen LogP contribution is 2.23. The number of rotatable bonds is 6. The minimum absolute atomic E-state index is 0.187. The number of nitrogens with zero attached hydrogens (tertiary/aromatic N) is 1. The first-order valence-corrected chi connectivity index (χ1v) is 10.3. The van der Waals surface area contributed by atoms with Gasteiger partial charge in [-0.3, -0.25) is 0 Å². The molecule has 0 amide bonds. The van der Waals surface area contributed by atoms with Crippen molar-refractivity contribution in [2.24, 2.45) is 4.99 Å². The van der Waals surface area contributed by atoms with E-state index in [0.717, 1.165) is 36.1 Å². The van der Waals surface area contributed by atoms with Gasteiger partial charge in [-0.1, -0.05) is 55.9 Å². The maximum absolute atomic E-state index is 14.3. The summed E-state index contributed by atoms with van der Waals surface area (Å²) in [7, 11) is 0. The Morgan fingerprint density at radius 3 is 2.00 bits per heavy atom. The van der Waals surface area contributed by atoms with E-state index < -0.39 is 11.6 Å². The Morgan fingerprint density at radius 1 is 0.833 bits per heavy atom. The van der Waals surface area contributed by atoms with Gasteiger partial charge in [0.1, 0.15) is 11.6 Å². The van der Waals surface area contributed by atoms with Gasteiger partial charge in [-0.05, 0) is 78.1 Å². The van der Waals surface area contributed by atoms with Crippen molar-refractivity contribution >= 4 is 23.1 Å². The molecule has 0 aliphatic carbocycles. The van der Waals surface area contributed by atoms with Crippen molar-refractivity contribution in [1.82, 2.24) is 0 Å². The van der Waals surface area contributed by atoms with Crippen LogP contribution in [0.4, 0.5) is 14.5 Å². The zero-order valence-electron chi connectivity index (χ0n) is 16.7. The van der Waals surface area contributed by atoms with Crippen molar-refractivity contribution in [2.75, 3.05) is 0 Å². The molecule has 0 fully saturated rings. The van der Waals surface area contributed by atoms with Crippen molar-refractivity contribution in [2.45, 2.75) is 32.6 Å². The van der Waals surface area contributed by atoms with Crippen molar-refractivity contribution in [3.8, 4) is 23.0 Å². The highest BCUT2D eigenvalue weighted by molar-refractivity contribution is 7.78. The van der Waals surface area contributed by atoms with E-state index in [-0.39, 0.29) is 5.56 Å². The van der Waals surface area contributed by atoms with E-state index in [1.165, 1.54) is 12.1 Å². The summed E-state index contributed by atoms with van der Waals surface area (Å²) in [4.78, 5) is 3.93. The second kappa shape index (κ2) is 10.6. The lowest BCUT2D eigenvalue weighted by Crippen LogP contribution is -1.95. The third-order valence-electron chi connectivity index (χ3n) is 4.76. The summed E-state index contributed by atoms with van der Waals surface area (Å²) in [5.41, 5.74) is 3.95. The van der Waals surface area contributed by atoms with Gasteiger partial charge in [0.05, 0.1) is 16.4 Å². The average molecular weight is 418 g/mol. The number of aliphatic imine (C=N–C) groups is 1. The van der Waals surface area contributed by atoms with Gasteiger partial charge in [-0.25, -0.2) is 8.78 Å². The molecule has 4 heteroatoms. The van der Waals surface area contributed by atoms with Crippen LogP contribution in [0.3, 0.4) is 0 Å². The lowest BCUT2D eigenvalue weighted by molar-refractivity contribution is 0.572. The standard InChI is InChI=1S/C26H21F2NS/c1-2-3-4-5-20-16-25(27)24(26(28)17-20)15-8-19-6-9-21(10-7-19)22-11-13-23(14-12-22)29-18-30/h6-7,9-14,16-17H,2-5H2,1H3. The molecule has 0 saturated carbocycles. The van der Waals surface area contributed by atoms with Gasteiger partial charge < -0.3 is 0 Å². The third-order valence-corrected chi connectivity index (χ3v) is 4.85. The third kappa shape index (κ3) is 5.70. The number of isothiocyanates is 1. The molecule has 0 aromatic heterocycles. The van der Waals surface area contributed by atoms with Crippen LogP contribution in [0, 0.1) is 23.5 Å². The lowest BCUT2D eigenvalue weighted by Gasteiger charge is -2.04. The van der Waals surface area contributed by atoms with E-state index >= 15 is 0 Å². The van der Waals surface area contributed by atoms with Gasteiger partial charge >= 0.3 is 0 Å². The largest absolute Gasteiger partial charge is 0.206 e. The monoisotopic (exact) mass is 417 g/mol. The lowest BCUT2D eigenvalue weighted by atomic mass is 10.0. The normalized spacial score (nSPS) is 10.1. The fraction of sp³-hybridized carbons (Fsp3) is 0.192. The van der Waals surface area contributed by atoms with Crippen molar-refractivity contribution in [1.29, 1.82) is 0 Å². The molecule has 0 aliphatic heterocycles. The molecular weight excluding hydrogens is 396 g/mol. The summed E-state index contributed by atoms with van der Waals surface area (Å²) in [5.74, 6) is 4.28. The maximum Gasteiger partial charge on any atom is 0.142 e. The van der Waals surface area contributed by atoms with E-state index in [0.29, 0.717) is 17.5 Å². The topological polar surface area (TPSA) is 12.4 Å². The second-order valence-electron chi connectivity index (χ2n) is 6.97. The molecule has 3 rings (SSSR count). The Bertz CT molecular complexity index is 1090. The van der Waals surface area contributed by atoms with E-state index in [4.69, 9.17) is 0 Å². The van der Waals surface area contributed by atoms with E-state index in [1.807, 2.05) is 48.5 Å². The van der Waals surface area contributed by atoms with Crippen LogP contribution < -0.4 is 0 Å². The minimum atomic E-state index is -0.607. The van der Waals surface area contributed by atoms with Gasteiger partial charge in [-0.2, -0.15) is 4.99 Å². The first-order chi connectivity index (χ1) is 14.6. The number of halogens is 2. The molecule has 0 heterocycles. The van der Waals surface area contributed by atoms with Crippen LogP contribution in [-0.4, -0.2) is 5.16 Å². The number of aryl methyl sites for hydroxylation is 1. The zero-order chi connectivity index (χ0) is 21.3. The highest BCUT2D eigenvalue weighted by Gasteiger charge is 2.09. The van der Waals surface area contributed by atoms with Gasteiger partial charge in [0, 0.05) is 5.56 Å². The molecule has 0 saturated heterocycles. The quantitative estimate of drug-likeness (QED) is 0.175. The van der Waals surface area contributed by atoms with Crippen LogP contribution in [0.15, 0.2) is 65.7 Å². The molecule has 3 aromatic rings. The maximum atomic E-state index is 14.3. The van der Waals surface area contributed by atoms with Gasteiger partial charge in [0.25, 0.3) is 0 Å². The Kier molecular flexibility index (Phi) is 7.63. The first kappa shape index (κ1) is 21.6. The van der Waals surface area contributed by atoms with Gasteiger partial charge in [-0.15, -0.1) is 0 Å². The van der Waals surface area contributed by atoms with E-state index in [2.05, 4.69) is 41.1 Å². The molecule has 0 bridgehead atoms. The van der Waals surface area contributed by atoms with Crippen LogP contribution >= 0.6 is 12.2 Å². The molecule has 0 unspecified atom stereocenters. The molecule has 0 atom stereocenters. The van der Waals surface area contributed by atoms with Crippen molar-refractivity contribution in [3.05, 3.63) is 89.0 Å². The van der Waals surface area contributed by atoms with Crippen molar-refractivity contribution < 1.29 is 8.78 Å². The molecule has 0 radical (unpaired) electrons. The number of unbranched alkanes of at least 4 members (excludes halogenated alkanes) is 2. The van der Waals surface area contributed by atoms with Crippen LogP contribution in [-0.2, 0) is 6.42 Å². The number of benzene rings is 3. The summed E-state index contributed by atoms with van der Waals surface area (Å²) in [6.45, 7) is 2.10. The first-order valence-electron chi connectivity index (χ1n) is 9.89. The van der Waals surface area contributed by atoms with Crippen LogP contribution in [0.5, 0.6) is 0 Å². The van der Waals surface area contributed by atoms with Crippen molar-refractivity contribution in [3.63, 3.8) is 0 Å². The van der Waals surface area contributed by atoms with Crippen LogP contribution in [0.2, 0.25) is 0 Å². The van der Waals surface area contributed by atoms with Crippen LogP contribution in [0.1, 0.15) is 42.9 Å². The molecule has 1 nitrogen and oxygen atoms in total. The number of hydrogen-bond donors (Lipinski definition) is 0. The number of thiocarbonyl (C=S) groups is 1. The summed E-state index contributed by atoms with van der Waals surface area (Å²) in [6, 6.07) is 17.9. The molecule has 3 aromatic carbocycles. The Balaban J connectivity index is 1.75. The van der Waals surface area contributed by atoms with Crippen LogP contribution in [0.25, 0.3) is 11.1 Å². The Hall–Kier alpha value is -3.12. The summed E-state index contributed by atoms with van der Waals surface area (Å²) < 4.78 is 28.7. The molecular formula is C26H21F2NS. The molecule has 0 aliphatic rings. The zero-order valence-corrected chi connectivity index (χ0v) is 17.5. The minimum Gasteiger partial charge on any atom is -0.206 e. The van der Waals surface area contributed by atoms with E-state index in [1.54, 1.807) is 0 Å². The molecule has 0 N–H and O–H groups in total. The van der Waals surface area contributed by atoms with E-state index in [9.17, 15) is 8.78 Å². The second-order valence-corrected chi connectivity index (χ2v) is 7.15. The Labute approximate surface area is 181 Å². The SMILES string of the molecule is CCCCCc1cc(F)c(C#Cc2ccc(-c3ccc(N=C=S)cc3)cc2)c(F)c1. The summed E-state index contributed by atoms with van der Waals surface area (Å²) >= 11 is 4.60. The number of hydrogen-bond acceptors (Lipinski definition) is 2. The highest BCUT2D eigenvalue weighted by atomic mass is 32.1. The Morgan fingerprint density at radius 2 is 1.43 bits per heavy atom. The average Bonchev–Trinajstić information content (AvgIpc) is 2.75. The smallest absolute Gasteiger partial charge is 0.142 e. The fourth-order valence-electron chi connectivity index (χ4n) is 3.13. The molecule has 150 valence electrons. The molecule has 30 heavy (non-hydrogen) atoms. The summed E-state index contributed by atoms with van der Waals surface area (Å²) in [6.07, 6.45) is 3.72.